The van der Waals surface area contributed by atoms with Crippen molar-refractivity contribution in [1.29, 1.82) is 0 Å². The lowest BCUT2D eigenvalue weighted by atomic mass is 9.95. The van der Waals surface area contributed by atoms with Gasteiger partial charge in [0.1, 0.15) is 0 Å². The van der Waals surface area contributed by atoms with Crippen molar-refractivity contribution in [1.82, 2.24) is 5.48 Å². The molecule has 2 rings (SSSR count). The van der Waals surface area contributed by atoms with Gasteiger partial charge in [-0.3, -0.25) is 10.0 Å². The zero-order valence-electron chi connectivity index (χ0n) is 10.4. The predicted molar refractivity (Wildman–Crippen MR) is 71.8 cm³/mol. The normalized spacial score (nSPS) is 10.6. The lowest BCUT2D eigenvalue weighted by molar-refractivity contribution is 0.0707. The summed E-state index contributed by atoms with van der Waals surface area (Å²) in [7, 11) is 0. The average Bonchev–Trinajstić information content (AvgIpc) is 2.43. The maximum absolute atomic E-state index is 11.9. The first-order valence-electron chi connectivity index (χ1n) is 6.23. The Morgan fingerprint density at radius 3 is 2.72 bits per heavy atom. The maximum Gasteiger partial charge on any atom is 0.275 e. The summed E-state index contributed by atoms with van der Waals surface area (Å²) in [4.78, 5) is 11.9. The quantitative estimate of drug-likeness (QED) is 0.639. The van der Waals surface area contributed by atoms with E-state index in [0.717, 1.165) is 35.6 Å². The fourth-order valence-electron chi connectivity index (χ4n) is 2.22. The van der Waals surface area contributed by atoms with Crippen LogP contribution >= 0.6 is 0 Å². The smallest absolute Gasteiger partial charge is 0.275 e. The van der Waals surface area contributed by atoms with Gasteiger partial charge in [0, 0.05) is 0 Å². The maximum atomic E-state index is 11.9. The number of rotatable bonds is 4. The number of hydrogen-bond donors (Lipinski definition) is 2. The van der Waals surface area contributed by atoms with Crippen molar-refractivity contribution in [2.75, 3.05) is 0 Å². The molecule has 0 spiro atoms. The van der Waals surface area contributed by atoms with E-state index in [2.05, 4.69) is 6.92 Å². The molecule has 94 valence electrons. The van der Waals surface area contributed by atoms with Crippen molar-refractivity contribution in [3.63, 3.8) is 0 Å². The first-order valence-corrected chi connectivity index (χ1v) is 6.23. The molecule has 0 heterocycles. The number of unbranched alkanes of at least 4 members (excludes halogenated alkanes) is 1. The molecule has 1 amide bonds. The summed E-state index contributed by atoms with van der Waals surface area (Å²) >= 11 is 0. The zero-order valence-corrected chi connectivity index (χ0v) is 10.4. The van der Waals surface area contributed by atoms with Crippen molar-refractivity contribution >= 4 is 16.7 Å². The van der Waals surface area contributed by atoms with Gasteiger partial charge in [-0.1, -0.05) is 49.7 Å². The lowest BCUT2D eigenvalue weighted by Gasteiger charge is -2.11. The molecule has 18 heavy (non-hydrogen) atoms. The molecule has 0 atom stereocenters. The van der Waals surface area contributed by atoms with Gasteiger partial charge in [-0.25, -0.2) is 5.48 Å². The first-order chi connectivity index (χ1) is 8.77. The lowest BCUT2D eigenvalue weighted by Crippen LogP contribution is -2.20. The number of nitrogens with one attached hydrogen (secondary N) is 1. The fraction of sp³-hybridized carbons (Fsp3) is 0.267. The standard InChI is InChI=1S/C15H17NO2/c1-2-3-6-12-10-9-11-7-4-5-8-13(11)14(12)15(17)16-18/h4-5,7-10,18H,2-3,6H2,1H3,(H,16,17). The molecular weight excluding hydrogens is 226 g/mol. The van der Waals surface area contributed by atoms with Gasteiger partial charge in [0.2, 0.25) is 0 Å². The van der Waals surface area contributed by atoms with Crippen LogP contribution in [-0.4, -0.2) is 11.1 Å². The van der Waals surface area contributed by atoms with Gasteiger partial charge >= 0.3 is 0 Å². The van der Waals surface area contributed by atoms with Crippen LogP contribution in [0.5, 0.6) is 0 Å². The Bertz CT molecular complexity index is 563. The molecule has 2 N–H and O–H groups in total. The molecule has 0 bridgehead atoms. The highest BCUT2D eigenvalue weighted by atomic mass is 16.5. The Labute approximate surface area is 106 Å². The second kappa shape index (κ2) is 5.65. The van der Waals surface area contributed by atoms with Crippen LogP contribution in [0.4, 0.5) is 0 Å². The van der Waals surface area contributed by atoms with Crippen LogP contribution in [0.3, 0.4) is 0 Å². The Hall–Kier alpha value is -1.87. The number of carbonyl (C=O) groups is 1. The molecule has 0 unspecified atom stereocenters. The SMILES string of the molecule is CCCCc1ccc2ccccc2c1C(=O)NO. The van der Waals surface area contributed by atoms with Crippen LogP contribution in [0.15, 0.2) is 36.4 Å². The molecule has 0 saturated carbocycles. The number of hydroxylamine groups is 1. The summed E-state index contributed by atoms with van der Waals surface area (Å²) in [6, 6.07) is 11.7. The molecule has 0 aliphatic carbocycles. The van der Waals surface area contributed by atoms with E-state index in [-0.39, 0.29) is 0 Å². The predicted octanol–water partition coefficient (Wildman–Crippen LogP) is 3.30. The highest BCUT2D eigenvalue weighted by Crippen LogP contribution is 2.23. The van der Waals surface area contributed by atoms with Crippen LogP contribution in [0.25, 0.3) is 10.8 Å². The minimum atomic E-state index is -0.432. The van der Waals surface area contributed by atoms with E-state index in [1.54, 1.807) is 5.48 Å². The Kier molecular flexibility index (Phi) is 3.95. The van der Waals surface area contributed by atoms with E-state index in [9.17, 15) is 4.79 Å². The second-order valence-electron chi connectivity index (χ2n) is 4.37. The van der Waals surface area contributed by atoms with Crippen LogP contribution < -0.4 is 5.48 Å². The molecule has 0 saturated heterocycles. The zero-order chi connectivity index (χ0) is 13.0. The van der Waals surface area contributed by atoms with Crippen LogP contribution in [0.2, 0.25) is 0 Å². The van der Waals surface area contributed by atoms with E-state index < -0.39 is 5.91 Å². The summed E-state index contributed by atoms with van der Waals surface area (Å²) in [6.45, 7) is 2.12. The Balaban J connectivity index is 2.59. The van der Waals surface area contributed by atoms with Crippen molar-refractivity contribution in [2.24, 2.45) is 0 Å². The van der Waals surface area contributed by atoms with Crippen molar-refractivity contribution in [3.8, 4) is 0 Å². The van der Waals surface area contributed by atoms with E-state index in [4.69, 9.17) is 5.21 Å². The summed E-state index contributed by atoms with van der Waals surface area (Å²) in [6.07, 6.45) is 2.96. The van der Waals surface area contributed by atoms with Crippen molar-refractivity contribution in [2.45, 2.75) is 26.2 Å². The van der Waals surface area contributed by atoms with Crippen LogP contribution in [0, 0.1) is 0 Å². The average molecular weight is 243 g/mol. The molecule has 3 nitrogen and oxygen atoms in total. The first kappa shape index (κ1) is 12.6. The van der Waals surface area contributed by atoms with Crippen LogP contribution in [-0.2, 0) is 6.42 Å². The topological polar surface area (TPSA) is 49.3 Å². The number of benzene rings is 2. The third kappa shape index (κ3) is 2.36. The molecule has 0 aliphatic heterocycles. The minimum absolute atomic E-state index is 0.432. The summed E-state index contributed by atoms with van der Waals surface area (Å²) < 4.78 is 0. The summed E-state index contributed by atoms with van der Waals surface area (Å²) in [5.41, 5.74) is 3.33. The molecule has 0 fully saturated rings. The number of hydrogen-bond acceptors (Lipinski definition) is 2. The van der Waals surface area contributed by atoms with Gasteiger partial charge < -0.3 is 0 Å². The van der Waals surface area contributed by atoms with E-state index in [1.807, 2.05) is 36.4 Å². The van der Waals surface area contributed by atoms with Crippen LogP contribution in [0.1, 0.15) is 35.7 Å². The number of aryl methyl sites for hydroxylation is 1. The van der Waals surface area contributed by atoms with Gasteiger partial charge in [0.05, 0.1) is 5.56 Å². The highest BCUT2D eigenvalue weighted by Gasteiger charge is 2.14. The van der Waals surface area contributed by atoms with Crippen molar-refractivity contribution in [3.05, 3.63) is 47.5 Å². The summed E-state index contributed by atoms with van der Waals surface area (Å²) in [5.74, 6) is -0.432. The molecule has 0 radical (unpaired) electrons. The van der Waals surface area contributed by atoms with Gasteiger partial charge in [-0.05, 0) is 29.2 Å². The summed E-state index contributed by atoms with van der Waals surface area (Å²) in [5, 5.41) is 10.8. The van der Waals surface area contributed by atoms with Crippen molar-refractivity contribution < 1.29 is 10.0 Å². The fourth-order valence-corrected chi connectivity index (χ4v) is 2.22. The Morgan fingerprint density at radius 2 is 2.00 bits per heavy atom. The molecule has 3 heteroatoms. The third-order valence-corrected chi connectivity index (χ3v) is 3.14. The third-order valence-electron chi connectivity index (χ3n) is 3.14. The molecule has 0 aliphatic rings. The van der Waals surface area contributed by atoms with Gasteiger partial charge in [-0.15, -0.1) is 0 Å². The molecular formula is C15H17NO2. The molecule has 2 aromatic carbocycles. The highest BCUT2D eigenvalue weighted by molar-refractivity contribution is 6.07. The van der Waals surface area contributed by atoms with E-state index in [1.165, 1.54) is 0 Å². The second-order valence-corrected chi connectivity index (χ2v) is 4.37. The number of amides is 1. The van der Waals surface area contributed by atoms with Gasteiger partial charge in [-0.2, -0.15) is 0 Å². The number of carbonyl (C=O) groups excluding carboxylic acids is 1. The number of fused-ring (bicyclic) bond motifs is 1. The molecule has 0 aromatic heterocycles. The molecule has 2 aromatic rings. The monoisotopic (exact) mass is 243 g/mol. The largest absolute Gasteiger partial charge is 0.288 e. The van der Waals surface area contributed by atoms with Gasteiger partial charge in [0.15, 0.2) is 0 Å². The van der Waals surface area contributed by atoms with Gasteiger partial charge in [0.25, 0.3) is 5.91 Å². The van der Waals surface area contributed by atoms with E-state index >= 15 is 0 Å². The Morgan fingerprint density at radius 1 is 1.22 bits per heavy atom. The minimum Gasteiger partial charge on any atom is -0.288 e. The van der Waals surface area contributed by atoms with E-state index in [0.29, 0.717) is 5.56 Å².